The van der Waals surface area contributed by atoms with E-state index in [1.165, 1.54) is 37.8 Å². The zero-order valence-electron chi connectivity index (χ0n) is 14.7. The molecule has 2 aliphatic rings. The fourth-order valence-corrected chi connectivity index (χ4v) is 3.93. The van der Waals surface area contributed by atoms with Gasteiger partial charge in [0.05, 0.1) is 0 Å². The molecule has 1 aliphatic carbocycles. The predicted octanol–water partition coefficient (Wildman–Crippen LogP) is 3.26. The average Bonchev–Trinajstić information content (AvgIpc) is 3.23. The van der Waals surface area contributed by atoms with E-state index in [1.54, 1.807) is 17.0 Å². The Balaban J connectivity index is 1.38. The van der Waals surface area contributed by atoms with Gasteiger partial charge in [-0.15, -0.1) is 0 Å². The quantitative estimate of drug-likeness (QED) is 0.824. The molecule has 2 amide bonds. The molecule has 4 nitrogen and oxygen atoms in total. The third-order valence-corrected chi connectivity index (χ3v) is 5.42. The molecule has 3 rings (SSSR count). The normalized spacial score (nSPS) is 21.1. The van der Waals surface area contributed by atoms with E-state index in [0.717, 1.165) is 17.9 Å². The summed E-state index contributed by atoms with van der Waals surface area (Å²) in [6, 6.07) is 6.25. The number of hydrogen-bond donors (Lipinski definition) is 1. The number of hydrogen-bond acceptors (Lipinski definition) is 2. The average molecular weight is 346 g/mol. The second-order valence-corrected chi connectivity index (χ2v) is 7.46. The summed E-state index contributed by atoms with van der Waals surface area (Å²) in [5.41, 5.74) is 0.927. The van der Waals surface area contributed by atoms with Gasteiger partial charge in [-0.3, -0.25) is 9.59 Å². The smallest absolute Gasteiger partial charge is 0.223 e. The van der Waals surface area contributed by atoms with Crippen LogP contribution in [0.4, 0.5) is 4.39 Å². The minimum atomic E-state index is -0.269. The number of carbonyl (C=O) groups excluding carboxylic acids is 2. The summed E-state index contributed by atoms with van der Waals surface area (Å²) < 4.78 is 13.0. The van der Waals surface area contributed by atoms with Gasteiger partial charge in [0.25, 0.3) is 0 Å². The SMILES string of the molecule is O=C(CCC1CCCC1)NC[C@H]1CC(=O)N(Cc2ccc(F)cc2)C1. The van der Waals surface area contributed by atoms with Crippen LogP contribution in [0.5, 0.6) is 0 Å². The number of halogens is 1. The third-order valence-electron chi connectivity index (χ3n) is 5.42. The molecular weight excluding hydrogens is 319 g/mol. The van der Waals surface area contributed by atoms with Gasteiger partial charge in [0.15, 0.2) is 0 Å². The lowest BCUT2D eigenvalue weighted by Gasteiger charge is -2.17. The van der Waals surface area contributed by atoms with Crippen molar-refractivity contribution < 1.29 is 14.0 Å². The van der Waals surface area contributed by atoms with Crippen LogP contribution in [0.3, 0.4) is 0 Å². The summed E-state index contributed by atoms with van der Waals surface area (Å²) in [4.78, 5) is 25.9. The van der Waals surface area contributed by atoms with Crippen LogP contribution < -0.4 is 5.32 Å². The van der Waals surface area contributed by atoms with Crippen molar-refractivity contribution in [3.8, 4) is 0 Å². The molecule has 1 N–H and O–H groups in total. The Morgan fingerprint density at radius 3 is 2.60 bits per heavy atom. The van der Waals surface area contributed by atoms with Crippen LogP contribution in [-0.4, -0.2) is 29.8 Å². The number of likely N-dealkylation sites (tertiary alicyclic amines) is 1. The van der Waals surface area contributed by atoms with Gasteiger partial charge >= 0.3 is 0 Å². The Labute approximate surface area is 148 Å². The molecule has 1 saturated heterocycles. The topological polar surface area (TPSA) is 49.4 Å². The molecule has 1 saturated carbocycles. The van der Waals surface area contributed by atoms with Gasteiger partial charge in [-0.1, -0.05) is 37.8 Å². The first-order valence-electron chi connectivity index (χ1n) is 9.39. The van der Waals surface area contributed by atoms with Crippen LogP contribution in [0.2, 0.25) is 0 Å². The van der Waals surface area contributed by atoms with Gasteiger partial charge in [0, 0.05) is 38.4 Å². The molecule has 1 aliphatic heterocycles. The second kappa shape index (κ2) is 8.45. The maximum Gasteiger partial charge on any atom is 0.223 e. The lowest BCUT2D eigenvalue weighted by molar-refractivity contribution is -0.128. The first kappa shape index (κ1) is 17.9. The predicted molar refractivity (Wildman–Crippen MR) is 94.1 cm³/mol. The number of amides is 2. The van der Waals surface area contributed by atoms with Gasteiger partial charge in [-0.2, -0.15) is 0 Å². The largest absolute Gasteiger partial charge is 0.356 e. The monoisotopic (exact) mass is 346 g/mol. The lowest BCUT2D eigenvalue weighted by Crippen LogP contribution is -2.31. The maximum absolute atomic E-state index is 13.0. The van der Waals surface area contributed by atoms with E-state index in [1.807, 2.05) is 0 Å². The summed E-state index contributed by atoms with van der Waals surface area (Å²) in [5, 5.41) is 2.99. The minimum absolute atomic E-state index is 0.106. The van der Waals surface area contributed by atoms with Crippen molar-refractivity contribution in [1.29, 1.82) is 0 Å². The molecule has 2 fully saturated rings. The zero-order chi connectivity index (χ0) is 17.6. The van der Waals surface area contributed by atoms with E-state index < -0.39 is 0 Å². The lowest BCUT2D eigenvalue weighted by atomic mass is 10.0. The van der Waals surface area contributed by atoms with Crippen molar-refractivity contribution in [3.05, 3.63) is 35.6 Å². The van der Waals surface area contributed by atoms with Gasteiger partial charge in [0.1, 0.15) is 5.82 Å². The molecule has 0 spiro atoms. The van der Waals surface area contributed by atoms with Crippen molar-refractivity contribution in [2.45, 2.75) is 51.5 Å². The van der Waals surface area contributed by atoms with Crippen molar-refractivity contribution in [1.82, 2.24) is 10.2 Å². The molecule has 0 unspecified atom stereocenters. The molecule has 0 bridgehead atoms. The summed E-state index contributed by atoms with van der Waals surface area (Å²) in [6.07, 6.45) is 7.22. The first-order valence-corrected chi connectivity index (χ1v) is 9.39. The molecule has 0 aromatic heterocycles. The molecule has 25 heavy (non-hydrogen) atoms. The molecule has 1 heterocycles. The molecule has 136 valence electrons. The van der Waals surface area contributed by atoms with Crippen LogP contribution in [0, 0.1) is 17.7 Å². The van der Waals surface area contributed by atoms with Gasteiger partial charge in [0.2, 0.25) is 11.8 Å². The Kier molecular flexibility index (Phi) is 6.05. The van der Waals surface area contributed by atoms with E-state index in [-0.39, 0.29) is 23.5 Å². The summed E-state index contributed by atoms with van der Waals surface area (Å²) in [5.74, 6) is 0.842. The van der Waals surface area contributed by atoms with E-state index in [2.05, 4.69) is 5.32 Å². The van der Waals surface area contributed by atoms with Crippen LogP contribution in [0.25, 0.3) is 0 Å². The van der Waals surface area contributed by atoms with Crippen LogP contribution >= 0.6 is 0 Å². The molecule has 1 aromatic carbocycles. The first-order chi connectivity index (χ1) is 12.1. The van der Waals surface area contributed by atoms with Crippen molar-refractivity contribution >= 4 is 11.8 Å². The van der Waals surface area contributed by atoms with E-state index >= 15 is 0 Å². The van der Waals surface area contributed by atoms with E-state index in [9.17, 15) is 14.0 Å². The number of benzene rings is 1. The molecule has 0 radical (unpaired) electrons. The Morgan fingerprint density at radius 2 is 1.88 bits per heavy atom. The molecule has 5 heteroatoms. The fraction of sp³-hybridized carbons (Fsp3) is 0.600. The summed E-state index contributed by atoms with van der Waals surface area (Å²) in [6.45, 7) is 1.72. The summed E-state index contributed by atoms with van der Waals surface area (Å²) in [7, 11) is 0. The van der Waals surface area contributed by atoms with E-state index in [4.69, 9.17) is 0 Å². The highest BCUT2D eigenvalue weighted by atomic mass is 19.1. The molecule has 1 atom stereocenters. The second-order valence-electron chi connectivity index (χ2n) is 7.46. The maximum atomic E-state index is 13.0. The fourth-order valence-electron chi connectivity index (χ4n) is 3.93. The van der Waals surface area contributed by atoms with E-state index in [0.29, 0.717) is 32.5 Å². The third kappa shape index (κ3) is 5.28. The molecular formula is C20H27FN2O2. The Morgan fingerprint density at radius 1 is 1.16 bits per heavy atom. The Bertz CT molecular complexity index is 596. The number of rotatable bonds is 7. The van der Waals surface area contributed by atoms with Gasteiger partial charge < -0.3 is 10.2 Å². The van der Waals surface area contributed by atoms with Crippen molar-refractivity contribution in [2.75, 3.05) is 13.1 Å². The summed E-state index contributed by atoms with van der Waals surface area (Å²) >= 11 is 0. The standard InChI is InChI=1S/C20H27FN2O2/c21-18-8-5-16(6-9-18)13-23-14-17(11-20(23)25)12-22-19(24)10-7-15-3-1-2-4-15/h5-6,8-9,15,17H,1-4,7,10-14H2,(H,22,24)/t17-/m1/s1. The van der Waals surface area contributed by atoms with Crippen molar-refractivity contribution in [2.24, 2.45) is 11.8 Å². The zero-order valence-corrected chi connectivity index (χ0v) is 14.7. The molecule has 1 aromatic rings. The number of carbonyl (C=O) groups is 2. The van der Waals surface area contributed by atoms with Crippen LogP contribution in [0.1, 0.15) is 50.5 Å². The number of nitrogens with zero attached hydrogens (tertiary/aromatic N) is 1. The highest BCUT2D eigenvalue weighted by Gasteiger charge is 2.29. The van der Waals surface area contributed by atoms with Crippen LogP contribution in [0.15, 0.2) is 24.3 Å². The van der Waals surface area contributed by atoms with Crippen molar-refractivity contribution in [3.63, 3.8) is 0 Å². The number of nitrogens with one attached hydrogen (secondary N) is 1. The van der Waals surface area contributed by atoms with Gasteiger partial charge in [-0.25, -0.2) is 4.39 Å². The highest BCUT2D eigenvalue weighted by molar-refractivity contribution is 5.79. The minimum Gasteiger partial charge on any atom is -0.356 e. The Hall–Kier alpha value is -1.91. The van der Waals surface area contributed by atoms with Gasteiger partial charge in [-0.05, 0) is 30.0 Å². The van der Waals surface area contributed by atoms with Crippen LogP contribution in [-0.2, 0) is 16.1 Å². The highest BCUT2D eigenvalue weighted by Crippen LogP contribution is 2.28.